The van der Waals surface area contributed by atoms with E-state index in [0.717, 1.165) is 12.8 Å². The number of hydrogen-bond acceptors (Lipinski definition) is 5. The van der Waals surface area contributed by atoms with Gasteiger partial charge in [-0.15, -0.1) is 0 Å². The number of nitrogens with zero attached hydrogens (tertiary/aromatic N) is 4. The molecule has 1 amide bonds. The van der Waals surface area contributed by atoms with Crippen molar-refractivity contribution in [3.05, 3.63) is 46.5 Å². The number of amides is 1. The molecule has 7 heteroatoms. The van der Waals surface area contributed by atoms with Crippen LogP contribution in [0.3, 0.4) is 0 Å². The summed E-state index contributed by atoms with van der Waals surface area (Å²) in [7, 11) is 0. The number of rotatable bonds is 4. The molecule has 0 saturated carbocycles. The number of carbonyl (C=O) groups excluding carboxylic acids is 1. The molecule has 2 aromatic rings. The lowest BCUT2D eigenvalue weighted by Gasteiger charge is -2.22. The van der Waals surface area contributed by atoms with Gasteiger partial charge in [-0.3, -0.25) is 9.59 Å². The molecule has 0 aliphatic carbocycles. The van der Waals surface area contributed by atoms with Crippen LogP contribution >= 0.6 is 0 Å². The molecule has 0 bridgehead atoms. The van der Waals surface area contributed by atoms with Gasteiger partial charge < -0.3 is 14.0 Å². The van der Waals surface area contributed by atoms with Gasteiger partial charge in [0.2, 0.25) is 11.8 Å². The van der Waals surface area contributed by atoms with E-state index < -0.39 is 0 Å². The fourth-order valence-electron chi connectivity index (χ4n) is 2.79. The molecule has 22 heavy (non-hydrogen) atoms. The highest BCUT2D eigenvalue weighted by molar-refractivity contribution is 5.76. The molecule has 1 saturated heterocycles. The van der Waals surface area contributed by atoms with Crippen LogP contribution in [0, 0.1) is 6.92 Å². The van der Waals surface area contributed by atoms with E-state index >= 15 is 0 Å². The fraction of sp³-hybridized carbons (Fsp3) is 0.467. The van der Waals surface area contributed by atoms with Crippen molar-refractivity contribution in [1.29, 1.82) is 0 Å². The van der Waals surface area contributed by atoms with Crippen LogP contribution in [-0.2, 0) is 11.3 Å². The Balaban J connectivity index is 1.66. The zero-order chi connectivity index (χ0) is 15.5. The summed E-state index contributed by atoms with van der Waals surface area (Å²) < 4.78 is 6.55. The summed E-state index contributed by atoms with van der Waals surface area (Å²) >= 11 is 0. The Hall–Kier alpha value is -2.44. The van der Waals surface area contributed by atoms with Gasteiger partial charge in [-0.1, -0.05) is 11.2 Å². The minimum absolute atomic E-state index is 0.0145. The van der Waals surface area contributed by atoms with Crippen molar-refractivity contribution < 1.29 is 9.32 Å². The highest BCUT2D eigenvalue weighted by atomic mass is 16.5. The van der Waals surface area contributed by atoms with Crippen molar-refractivity contribution >= 4 is 5.91 Å². The van der Waals surface area contributed by atoms with Crippen molar-refractivity contribution in [3.8, 4) is 0 Å². The first-order valence-corrected chi connectivity index (χ1v) is 7.40. The van der Waals surface area contributed by atoms with Gasteiger partial charge >= 0.3 is 0 Å². The largest absolute Gasteiger partial charge is 0.340 e. The molecule has 116 valence electrons. The van der Waals surface area contributed by atoms with Gasteiger partial charge in [0.1, 0.15) is 0 Å². The van der Waals surface area contributed by atoms with Crippen LogP contribution in [0.1, 0.15) is 37.0 Å². The van der Waals surface area contributed by atoms with Crippen LogP contribution in [-0.4, -0.2) is 32.1 Å². The Morgan fingerprint density at radius 3 is 3.05 bits per heavy atom. The van der Waals surface area contributed by atoms with Gasteiger partial charge in [-0.25, -0.2) is 0 Å². The molecule has 1 aliphatic rings. The first-order chi connectivity index (χ1) is 10.6. The maximum Gasteiger partial charge on any atom is 0.250 e. The first kappa shape index (κ1) is 14.5. The Kier molecular flexibility index (Phi) is 4.04. The van der Waals surface area contributed by atoms with Crippen LogP contribution < -0.4 is 5.56 Å². The molecule has 0 N–H and O–H groups in total. The van der Waals surface area contributed by atoms with E-state index in [0.29, 0.717) is 24.8 Å². The number of hydrogen-bond donors (Lipinski definition) is 0. The lowest BCUT2D eigenvalue weighted by molar-refractivity contribution is -0.132. The molecule has 3 rings (SSSR count). The van der Waals surface area contributed by atoms with Crippen LogP contribution in [0.4, 0.5) is 0 Å². The van der Waals surface area contributed by atoms with Crippen LogP contribution in [0.15, 0.2) is 33.7 Å². The summed E-state index contributed by atoms with van der Waals surface area (Å²) in [6, 6.07) is 4.85. The molecule has 0 unspecified atom stereocenters. The molecular formula is C15H18N4O3. The molecule has 1 fully saturated rings. The second kappa shape index (κ2) is 6.13. The maximum atomic E-state index is 12.4. The smallest absolute Gasteiger partial charge is 0.250 e. The molecule has 0 radical (unpaired) electrons. The van der Waals surface area contributed by atoms with E-state index in [1.165, 1.54) is 6.07 Å². The van der Waals surface area contributed by atoms with Crippen molar-refractivity contribution in [2.45, 2.75) is 38.8 Å². The summed E-state index contributed by atoms with van der Waals surface area (Å²) in [5.41, 5.74) is -0.0953. The molecule has 7 nitrogen and oxygen atoms in total. The lowest BCUT2D eigenvalue weighted by Crippen LogP contribution is -2.32. The van der Waals surface area contributed by atoms with E-state index in [1.54, 1.807) is 34.7 Å². The second-order valence-electron chi connectivity index (χ2n) is 5.40. The molecule has 1 atom stereocenters. The average molecular weight is 302 g/mol. The Bertz CT molecular complexity index is 721. The minimum Gasteiger partial charge on any atom is -0.340 e. The molecule has 3 heterocycles. The third kappa shape index (κ3) is 2.93. The highest BCUT2D eigenvalue weighted by Gasteiger charge is 2.32. The van der Waals surface area contributed by atoms with Gasteiger partial charge in [0.25, 0.3) is 5.56 Å². The number of aryl methyl sites for hydroxylation is 2. The summed E-state index contributed by atoms with van der Waals surface area (Å²) in [4.78, 5) is 30.1. The molecule has 2 aromatic heterocycles. The van der Waals surface area contributed by atoms with Crippen molar-refractivity contribution in [3.63, 3.8) is 0 Å². The van der Waals surface area contributed by atoms with E-state index in [1.807, 2.05) is 0 Å². The molecule has 0 aromatic carbocycles. The van der Waals surface area contributed by atoms with Gasteiger partial charge in [0.15, 0.2) is 5.82 Å². The maximum absolute atomic E-state index is 12.4. The summed E-state index contributed by atoms with van der Waals surface area (Å²) in [6.07, 6.45) is 3.75. The standard InChI is InChI=1S/C15H18N4O3/c1-11-16-15(17-22-11)12-5-4-9-19(12)14(21)7-10-18-8-3-2-6-13(18)20/h2-3,6,8,12H,4-5,7,9-10H2,1H3/t12-/m0/s1. The average Bonchev–Trinajstić information content (AvgIpc) is 3.14. The van der Waals surface area contributed by atoms with Gasteiger partial charge in [-0.05, 0) is 18.9 Å². The zero-order valence-corrected chi connectivity index (χ0v) is 12.4. The van der Waals surface area contributed by atoms with E-state index in [2.05, 4.69) is 10.1 Å². The van der Waals surface area contributed by atoms with Crippen LogP contribution in [0.25, 0.3) is 0 Å². The van der Waals surface area contributed by atoms with Crippen LogP contribution in [0.5, 0.6) is 0 Å². The summed E-state index contributed by atoms with van der Waals surface area (Å²) in [5.74, 6) is 1.09. The monoisotopic (exact) mass is 302 g/mol. The lowest BCUT2D eigenvalue weighted by atomic mass is 10.2. The fourth-order valence-corrected chi connectivity index (χ4v) is 2.79. The van der Waals surface area contributed by atoms with E-state index in [9.17, 15) is 9.59 Å². The number of likely N-dealkylation sites (tertiary alicyclic amines) is 1. The number of pyridine rings is 1. The zero-order valence-electron chi connectivity index (χ0n) is 12.4. The van der Waals surface area contributed by atoms with Crippen LogP contribution in [0.2, 0.25) is 0 Å². The van der Waals surface area contributed by atoms with Gasteiger partial charge in [0, 0.05) is 38.7 Å². The predicted octanol–water partition coefficient (Wildman–Crippen LogP) is 1.29. The third-order valence-electron chi connectivity index (χ3n) is 3.88. The highest BCUT2D eigenvalue weighted by Crippen LogP contribution is 2.30. The number of carbonyl (C=O) groups is 1. The molecule has 0 spiro atoms. The van der Waals surface area contributed by atoms with Crippen molar-refractivity contribution in [1.82, 2.24) is 19.6 Å². The number of aromatic nitrogens is 3. The predicted molar refractivity (Wildman–Crippen MR) is 78.0 cm³/mol. The topological polar surface area (TPSA) is 81.2 Å². The Morgan fingerprint density at radius 1 is 1.45 bits per heavy atom. The van der Waals surface area contributed by atoms with E-state index in [4.69, 9.17) is 4.52 Å². The second-order valence-corrected chi connectivity index (χ2v) is 5.40. The van der Waals surface area contributed by atoms with Gasteiger partial charge in [0.05, 0.1) is 6.04 Å². The molecule has 1 aliphatic heterocycles. The van der Waals surface area contributed by atoms with Crippen molar-refractivity contribution in [2.24, 2.45) is 0 Å². The summed E-state index contributed by atoms with van der Waals surface area (Å²) in [5, 5.41) is 3.93. The first-order valence-electron chi connectivity index (χ1n) is 7.40. The normalized spacial score (nSPS) is 17.9. The van der Waals surface area contributed by atoms with Gasteiger partial charge in [-0.2, -0.15) is 4.98 Å². The summed E-state index contributed by atoms with van der Waals surface area (Å²) in [6.45, 7) is 2.81. The minimum atomic E-state index is -0.113. The SMILES string of the molecule is Cc1nc([C@@H]2CCCN2C(=O)CCn2ccccc2=O)no1. The quantitative estimate of drug-likeness (QED) is 0.850. The Labute approximate surface area is 127 Å². The molecular weight excluding hydrogens is 284 g/mol. The third-order valence-corrected chi connectivity index (χ3v) is 3.88. The Morgan fingerprint density at radius 2 is 2.32 bits per heavy atom. The van der Waals surface area contributed by atoms with E-state index in [-0.39, 0.29) is 23.9 Å². The van der Waals surface area contributed by atoms with Crippen molar-refractivity contribution in [2.75, 3.05) is 6.54 Å².